The van der Waals surface area contributed by atoms with Crippen LogP contribution in [0.25, 0.3) is 34.2 Å². The number of nitrogens with zero attached hydrogens (tertiary/aromatic N) is 6. The van der Waals surface area contributed by atoms with Crippen molar-refractivity contribution in [2.75, 3.05) is 0 Å². The van der Waals surface area contributed by atoms with Crippen molar-refractivity contribution in [1.29, 1.82) is 0 Å². The molecule has 0 saturated heterocycles. The van der Waals surface area contributed by atoms with E-state index in [1.807, 2.05) is 0 Å². The summed E-state index contributed by atoms with van der Waals surface area (Å²) < 4.78 is 0. The van der Waals surface area contributed by atoms with Crippen molar-refractivity contribution in [3.05, 3.63) is 143 Å². The van der Waals surface area contributed by atoms with Gasteiger partial charge in [0.1, 0.15) is 0 Å². The number of aromatic nitrogens is 6. The van der Waals surface area contributed by atoms with Crippen LogP contribution in [-0.4, -0.2) is 119 Å². The molecule has 0 spiro atoms. The van der Waals surface area contributed by atoms with Gasteiger partial charge in [-0.25, -0.2) is 19.2 Å². The number of hydrogen-bond acceptors (Lipinski definition) is 14. The van der Waals surface area contributed by atoms with Crippen LogP contribution in [0.1, 0.15) is 62.1 Å². The molecule has 0 aliphatic heterocycles. The van der Waals surface area contributed by atoms with Gasteiger partial charge in [0, 0.05) is 48.3 Å². The van der Waals surface area contributed by atoms with Crippen LogP contribution in [0.2, 0.25) is 0 Å². The van der Waals surface area contributed by atoms with Crippen LogP contribution in [0.15, 0.2) is 110 Å². The molecule has 0 bridgehead atoms. The molecule has 0 saturated carbocycles. The summed E-state index contributed by atoms with van der Waals surface area (Å²) in [5.74, 6) is -6.98. The molecule has 0 aromatic carbocycles. The van der Waals surface area contributed by atoms with E-state index in [4.69, 9.17) is 20.4 Å². The summed E-state index contributed by atoms with van der Waals surface area (Å²) in [6.07, 6.45) is 7.94. The fourth-order valence-corrected chi connectivity index (χ4v) is 4.21. The van der Waals surface area contributed by atoms with Crippen LogP contribution >= 0.6 is 0 Å². The van der Waals surface area contributed by atoms with Gasteiger partial charge in [-0.05, 0) is 72.8 Å². The molecular formula is C36H34N6O18Ru. The quantitative estimate of drug-likeness (QED) is 0.105. The zero-order valence-electron chi connectivity index (χ0n) is 30.5. The Kier molecular flexibility index (Phi) is 27.1. The van der Waals surface area contributed by atoms with Gasteiger partial charge < -0.3 is 73.1 Å². The Labute approximate surface area is 354 Å². The van der Waals surface area contributed by atoms with E-state index in [-0.39, 0.29) is 97.1 Å². The van der Waals surface area contributed by atoms with Crippen LogP contribution in [0.4, 0.5) is 0 Å². The van der Waals surface area contributed by atoms with Crippen LogP contribution in [-0.2, 0) is 19.5 Å². The third-order valence-electron chi connectivity index (χ3n) is 6.81. The summed E-state index contributed by atoms with van der Waals surface area (Å²) in [7, 11) is 0. The molecule has 24 nitrogen and oxygen atoms in total. The topological polar surface area (TPSA) is 496 Å². The molecule has 0 radical (unpaired) electrons. The molecule has 0 atom stereocenters. The minimum atomic E-state index is -1.34. The third-order valence-corrected chi connectivity index (χ3v) is 6.81. The van der Waals surface area contributed by atoms with Gasteiger partial charge in [0.05, 0.1) is 68.4 Å². The number of carbonyl (C=O) groups excluding carboxylic acids is 2. The van der Waals surface area contributed by atoms with Gasteiger partial charge >= 0.3 is 43.4 Å². The third kappa shape index (κ3) is 16.9. The van der Waals surface area contributed by atoms with Crippen molar-refractivity contribution >= 4 is 35.8 Å². The number of rotatable bonds is 9. The number of carbonyl (C=O) groups is 6. The van der Waals surface area contributed by atoms with Gasteiger partial charge in [-0.2, -0.15) is 0 Å². The number of pyridine rings is 6. The second-order valence-electron chi connectivity index (χ2n) is 10.4. The molecule has 6 aromatic rings. The Morgan fingerprint density at radius 1 is 0.328 bits per heavy atom. The van der Waals surface area contributed by atoms with Gasteiger partial charge in [-0.3, -0.25) is 29.9 Å². The molecule has 61 heavy (non-hydrogen) atoms. The van der Waals surface area contributed by atoms with Gasteiger partial charge in [0.25, 0.3) is 0 Å². The minimum absolute atomic E-state index is 0. The Bertz CT molecular complexity index is 1990. The molecule has 324 valence electrons. The maximum atomic E-state index is 10.8. The first-order valence-corrected chi connectivity index (χ1v) is 14.9. The normalized spacial score (nSPS) is 8.85. The first kappa shape index (κ1) is 59.8. The first-order chi connectivity index (χ1) is 25.7. The Morgan fingerprint density at radius 2 is 0.475 bits per heavy atom. The van der Waals surface area contributed by atoms with E-state index in [0.29, 0.717) is 22.8 Å². The molecule has 6 heterocycles. The van der Waals surface area contributed by atoms with Crippen LogP contribution in [0.5, 0.6) is 0 Å². The molecule has 0 fully saturated rings. The predicted octanol–water partition coefficient (Wildman–Crippen LogP) is -3.00. The van der Waals surface area contributed by atoms with E-state index in [1.54, 1.807) is 0 Å². The Hall–Kier alpha value is -7.90. The second-order valence-corrected chi connectivity index (χ2v) is 10.4. The summed E-state index contributed by atoms with van der Waals surface area (Å²) >= 11 is 0. The van der Waals surface area contributed by atoms with Crippen molar-refractivity contribution in [1.82, 2.24) is 29.9 Å². The Balaban J connectivity index is -0.000000378. The number of aromatic carboxylic acids is 6. The molecule has 0 aliphatic carbocycles. The van der Waals surface area contributed by atoms with Crippen molar-refractivity contribution < 1.29 is 112 Å². The summed E-state index contributed by atoms with van der Waals surface area (Å²) in [5.41, 5.74) is 1.95. The largest absolute Gasteiger partial charge is 2.00 e. The zero-order chi connectivity index (χ0) is 39.4. The van der Waals surface area contributed by atoms with E-state index >= 15 is 0 Å². The van der Waals surface area contributed by atoms with Crippen LogP contribution < -0.4 is 10.2 Å². The molecule has 0 unspecified atom stereocenters. The second kappa shape index (κ2) is 27.7. The average Bonchev–Trinajstić information content (AvgIpc) is 3.18. The molecule has 0 amide bonds. The smallest absolute Gasteiger partial charge is 0.545 e. The molecule has 6 aromatic heterocycles. The van der Waals surface area contributed by atoms with Gasteiger partial charge in [-0.15, -0.1) is 0 Å². The van der Waals surface area contributed by atoms with Crippen LogP contribution in [0, 0.1) is 0 Å². The molecule has 25 heteroatoms. The number of carboxylic acids is 6. The fourth-order valence-electron chi connectivity index (χ4n) is 4.21. The number of carboxylic acid groups (broad SMARTS) is 6. The van der Waals surface area contributed by atoms with Crippen molar-refractivity contribution in [3.63, 3.8) is 0 Å². The van der Waals surface area contributed by atoms with Crippen molar-refractivity contribution in [3.8, 4) is 34.2 Å². The number of hydrogen-bond donors (Lipinski definition) is 4. The fraction of sp³-hybridized carbons (Fsp3) is 0. The van der Waals surface area contributed by atoms with Crippen molar-refractivity contribution in [2.45, 2.75) is 0 Å². The molecule has 16 N–H and O–H groups in total. The summed E-state index contributed by atoms with van der Waals surface area (Å²) in [6, 6.07) is 15.9. The van der Waals surface area contributed by atoms with E-state index in [9.17, 15) is 39.0 Å². The zero-order valence-corrected chi connectivity index (χ0v) is 32.2. The van der Waals surface area contributed by atoms with Gasteiger partial charge in [0.2, 0.25) is 0 Å². The minimum Gasteiger partial charge on any atom is -0.545 e. The maximum Gasteiger partial charge on any atom is 2.00 e. The van der Waals surface area contributed by atoms with Gasteiger partial charge in [-0.1, -0.05) is 0 Å². The van der Waals surface area contributed by atoms with Crippen molar-refractivity contribution in [2.24, 2.45) is 0 Å². The summed E-state index contributed by atoms with van der Waals surface area (Å²) in [5, 5.41) is 56.8. The predicted molar refractivity (Wildman–Crippen MR) is 201 cm³/mol. The van der Waals surface area contributed by atoms with E-state index in [0.717, 1.165) is 0 Å². The van der Waals surface area contributed by atoms with E-state index in [1.165, 1.54) is 110 Å². The van der Waals surface area contributed by atoms with E-state index in [2.05, 4.69) is 29.9 Å². The average molecular weight is 940 g/mol. The molecular weight excluding hydrogens is 905 g/mol. The monoisotopic (exact) mass is 940 g/mol. The molecule has 6 rings (SSSR count). The Morgan fingerprint density at radius 3 is 0.623 bits per heavy atom. The standard InChI is InChI=1S/3C12H8N2O4.6H2O.Ru/c3*15-11(16)7-1-3-13-9(5-7)10-6-8(12(17)18)2-4-14-10;;;;;;;/h3*1-6H,(H,15,16)(H,17,18);6*1H2;/q;;;;;;;;;+2/p-2. The van der Waals surface area contributed by atoms with Crippen LogP contribution in [0.3, 0.4) is 0 Å². The SMILES string of the molecule is O.O.O.O.O.O.O=C(O)c1ccnc(-c2cc(C(=O)O)ccn2)c1.O=C(O)c1ccnc(-c2cc(C(=O)O)ccn2)c1.O=C([O-])c1ccnc(-c2cc(C(=O)[O-])ccn2)c1.[Ru+2]. The molecule has 0 aliphatic rings. The first-order valence-electron chi connectivity index (χ1n) is 14.9. The van der Waals surface area contributed by atoms with E-state index < -0.39 is 35.8 Å². The maximum absolute atomic E-state index is 10.8. The van der Waals surface area contributed by atoms with Gasteiger partial charge in [0.15, 0.2) is 0 Å². The summed E-state index contributed by atoms with van der Waals surface area (Å²) in [6.45, 7) is 0. The summed E-state index contributed by atoms with van der Waals surface area (Å²) in [4.78, 5) is 88.4.